The molecule has 2 N–H and O–H groups in total. The summed E-state index contributed by atoms with van der Waals surface area (Å²) in [5.74, 6) is -0.336. The Kier molecular flexibility index (Phi) is 3.83. The van der Waals surface area contributed by atoms with E-state index in [1.165, 1.54) is 27.1 Å². The van der Waals surface area contributed by atoms with Crippen LogP contribution in [0.25, 0.3) is 10.9 Å². The number of amides is 2. The standard InChI is InChI=1S/C22H21N3O2/c26-21-16-7-1-2-8-17(16)22(27)25(21)13-5-10-19-20-15(11-12-23-19)14-6-3-4-9-18(14)24-20/h1-4,6-9,19,23-24H,5,10-13H2/t19-/m1/s1. The highest BCUT2D eigenvalue weighted by Crippen LogP contribution is 2.32. The zero-order valence-electron chi connectivity index (χ0n) is 15.0. The second kappa shape index (κ2) is 6.35. The fraction of sp³-hybridized carbons (Fsp3) is 0.273. The van der Waals surface area contributed by atoms with Crippen molar-refractivity contribution in [2.75, 3.05) is 13.1 Å². The molecule has 0 radical (unpaired) electrons. The Morgan fingerprint density at radius 3 is 2.44 bits per heavy atom. The fourth-order valence-corrected chi connectivity index (χ4v) is 4.40. The van der Waals surface area contributed by atoms with Crippen LogP contribution in [0.5, 0.6) is 0 Å². The maximum absolute atomic E-state index is 12.5. The van der Waals surface area contributed by atoms with E-state index in [0.717, 1.165) is 25.8 Å². The molecule has 136 valence electrons. The Hall–Kier alpha value is -2.92. The van der Waals surface area contributed by atoms with Crippen LogP contribution in [0, 0.1) is 0 Å². The minimum Gasteiger partial charge on any atom is -0.357 e. The van der Waals surface area contributed by atoms with Crippen molar-refractivity contribution < 1.29 is 9.59 Å². The predicted molar refractivity (Wildman–Crippen MR) is 104 cm³/mol. The molecule has 0 saturated heterocycles. The molecule has 0 aliphatic carbocycles. The lowest BCUT2D eigenvalue weighted by Gasteiger charge is -2.25. The smallest absolute Gasteiger partial charge is 0.261 e. The van der Waals surface area contributed by atoms with Gasteiger partial charge in [-0.25, -0.2) is 0 Å². The van der Waals surface area contributed by atoms with E-state index in [1.54, 1.807) is 24.3 Å². The van der Waals surface area contributed by atoms with Gasteiger partial charge in [0.15, 0.2) is 0 Å². The molecule has 27 heavy (non-hydrogen) atoms. The number of hydrogen-bond donors (Lipinski definition) is 2. The van der Waals surface area contributed by atoms with Gasteiger partial charge in [0.05, 0.1) is 11.1 Å². The van der Waals surface area contributed by atoms with Crippen molar-refractivity contribution >= 4 is 22.7 Å². The second-order valence-corrected chi connectivity index (χ2v) is 7.27. The highest BCUT2D eigenvalue weighted by atomic mass is 16.2. The van der Waals surface area contributed by atoms with Crippen molar-refractivity contribution in [3.05, 3.63) is 70.9 Å². The van der Waals surface area contributed by atoms with Crippen molar-refractivity contribution in [3.8, 4) is 0 Å². The van der Waals surface area contributed by atoms with Gasteiger partial charge in [0.1, 0.15) is 0 Å². The van der Waals surface area contributed by atoms with Crippen LogP contribution < -0.4 is 5.32 Å². The zero-order valence-corrected chi connectivity index (χ0v) is 15.0. The molecule has 0 saturated carbocycles. The summed E-state index contributed by atoms with van der Waals surface area (Å²) in [7, 11) is 0. The van der Waals surface area contributed by atoms with Gasteiger partial charge in [0.2, 0.25) is 0 Å². The minimum absolute atomic E-state index is 0.168. The summed E-state index contributed by atoms with van der Waals surface area (Å²) in [6, 6.07) is 15.7. The van der Waals surface area contributed by atoms with E-state index in [2.05, 4.69) is 34.6 Å². The molecule has 1 atom stereocenters. The second-order valence-electron chi connectivity index (χ2n) is 7.27. The molecular weight excluding hydrogens is 338 g/mol. The summed E-state index contributed by atoms with van der Waals surface area (Å²) in [6.45, 7) is 1.41. The van der Waals surface area contributed by atoms with Crippen molar-refractivity contribution in [1.82, 2.24) is 15.2 Å². The lowest BCUT2D eigenvalue weighted by atomic mass is 9.96. The number of H-pyrrole nitrogens is 1. The monoisotopic (exact) mass is 359 g/mol. The van der Waals surface area contributed by atoms with Gasteiger partial charge in [-0.1, -0.05) is 30.3 Å². The topological polar surface area (TPSA) is 65.2 Å². The number of carbonyl (C=O) groups is 2. The van der Waals surface area contributed by atoms with Gasteiger partial charge >= 0.3 is 0 Å². The number of rotatable bonds is 4. The number of hydrogen-bond acceptors (Lipinski definition) is 3. The highest BCUT2D eigenvalue weighted by molar-refractivity contribution is 6.21. The molecular formula is C22H21N3O2. The quantitative estimate of drug-likeness (QED) is 0.702. The minimum atomic E-state index is -0.168. The normalized spacial score (nSPS) is 18.8. The van der Waals surface area contributed by atoms with Crippen molar-refractivity contribution in [1.29, 1.82) is 0 Å². The number of aromatic amines is 1. The van der Waals surface area contributed by atoms with Crippen molar-refractivity contribution in [2.45, 2.75) is 25.3 Å². The molecule has 0 bridgehead atoms. The third kappa shape index (κ3) is 2.58. The summed E-state index contributed by atoms with van der Waals surface area (Å²) >= 11 is 0. The van der Waals surface area contributed by atoms with Gasteiger partial charge in [-0.05, 0) is 49.6 Å². The number of fused-ring (bicyclic) bond motifs is 4. The Balaban J connectivity index is 1.30. The van der Waals surface area contributed by atoms with Crippen LogP contribution in [0.2, 0.25) is 0 Å². The summed E-state index contributed by atoms with van der Waals surface area (Å²) in [4.78, 5) is 29.9. The Bertz CT molecular complexity index is 1020. The molecule has 0 unspecified atom stereocenters. The van der Waals surface area contributed by atoms with Crippen LogP contribution >= 0.6 is 0 Å². The van der Waals surface area contributed by atoms with Crippen LogP contribution in [0.1, 0.15) is 50.9 Å². The van der Waals surface area contributed by atoms with Gasteiger partial charge in [0, 0.05) is 29.2 Å². The average molecular weight is 359 g/mol. The van der Waals surface area contributed by atoms with E-state index in [4.69, 9.17) is 0 Å². The molecule has 5 heteroatoms. The number of nitrogens with zero attached hydrogens (tertiary/aromatic N) is 1. The SMILES string of the molecule is O=C1c2ccccc2C(=O)N1CCC[C@H]1NCCc2c1[nH]c1ccccc21. The molecule has 2 aliphatic rings. The summed E-state index contributed by atoms with van der Waals surface area (Å²) < 4.78 is 0. The van der Waals surface area contributed by atoms with Crippen LogP contribution in [0.15, 0.2) is 48.5 Å². The third-order valence-electron chi connectivity index (χ3n) is 5.71. The van der Waals surface area contributed by atoms with E-state index < -0.39 is 0 Å². The Morgan fingerprint density at radius 1 is 0.963 bits per heavy atom. The maximum Gasteiger partial charge on any atom is 0.261 e. The Morgan fingerprint density at radius 2 is 1.67 bits per heavy atom. The van der Waals surface area contributed by atoms with E-state index >= 15 is 0 Å². The molecule has 1 aromatic heterocycles. The molecule has 3 heterocycles. The highest BCUT2D eigenvalue weighted by Gasteiger charge is 2.34. The van der Waals surface area contributed by atoms with Gasteiger partial charge in [-0.3, -0.25) is 14.5 Å². The van der Waals surface area contributed by atoms with Crippen LogP contribution in [0.4, 0.5) is 0 Å². The number of carbonyl (C=O) groups excluding carboxylic acids is 2. The first kappa shape index (κ1) is 16.3. The predicted octanol–water partition coefficient (Wildman–Crippen LogP) is 3.43. The van der Waals surface area contributed by atoms with Gasteiger partial charge in [-0.2, -0.15) is 0 Å². The fourth-order valence-electron chi connectivity index (χ4n) is 4.40. The molecule has 2 amide bonds. The first-order valence-electron chi connectivity index (χ1n) is 9.52. The zero-order chi connectivity index (χ0) is 18.4. The average Bonchev–Trinajstić information content (AvgIpc) is 3.20. The Labute approximate surface area is 157 Å². The van der Waals surface area contributed by atoms with Crippen LogP contribution in [0.3, 0.4) is 0 Å². The van der Waals surface area contributed by atoms with Crippen molar-refractivity contribution in [3.63, 3.8) is 0 Å². The molecule has 0 spiro atoms. The molecule has 2 aromatic carbocycles. The summed E-state index contributed by atoms with van der Waals surface area (Å²) in [5.41, 5.74) is 4.88. The third-order valence-corrected chi connectivity index (χ3v) is 5.71. The largest absolute Gasteiger partial charge is 0.357 e. The van der Waals surface area contributed by atoms with Crippen molar-refractivity contribution in [2.24, 2.45) is 0 Å². The number of benzene rings is 2. The lowest BCUT2D eigenvalue weighted by molar-refractivity contribution is 0.0650. The van der Waals surface area contributed by atoms with E-state index in [1.807, 2.05) is 0 Å². The molecule has 3 aromatic rings. The maximum atomic E-state index is 12.5. The van der Waals surface area contributed by atoms with E-state index in [-0.39, 0.29) is 17.9 Å². The van der Waals surface area contributed by atoms with Gasteiger partial charge in [0.25, 0.3) is 11.8 Å². The molecule has 0 fully saturated rings. The number of aromatic nitrogens is 1. The van der Waals surface area contributed by atoms with Crippen LogP contribution in [-0.4, -0.2) is 34.8 Å². The number of imide groups is 1. The molecule has 5 nitrogen and oxygen atoms in total. The number of nitrogens with one attached hydrogen (secondary N) is 2. The first-order chi connectivity index (χ1) is 13.2. The van der Waals surface area contributed by atoms with E-state index in [9.17, 15) is 9.59 Å². The molecule has 2 aliphatic heterocycles. The summed E-state index contributed by atoms with van der Waals surface area (Å²) in [5, 5.41) is 4.89. The molecule has 5 rings (SSSR count). The summed E-state index contributed by atoms with van der Waals surface area (Å²) in [6.07, 6.45) is 2.68. The van der Waals surface area contributed by atoms with Gasteiger partial charge in [-0.15, -0.1) is 0 Å². The lowest BCUT2D eigenvalue weighted by Crippen LogP contribution is -2.33. The number of para-hydroxylation sites is 1. The van der Waals surface area contributed by atoms with Gasteiger partial charge < -0.3 is 10.3 Å². The van der Waals surface area contributed by atoms with Crippen LogP contribution in [-0.2, 0) is 6.42 Å². The first-order valence-corrected chi connectivity index (χ1v) is 9.52. The van der Waals surface area contributed by atoms with E-state index in [0.29, 0.717) is 17.7 Å².